The summed E-state index contributed by atoms with van der Waals surface area (Å²) in [4.78, 5) is 15.6. The number of rotatable bonds is 4. The maximum absolute atomic E-state index is 13.6. The first-order chi connectivity index (χ1) is 11.6. The molecule has 0 aromatic heterocycles. The maximum atomic E-state index is 13.6. The van der Waals surface area contributed by atoms with E-state index in [1.807, 2.05) is 18.0 Å². The predicted molar refractivity (Wildman–Crippen MR) is 95.4 cm³/mol. The summed E-state index contributed by atoms with van der Waals surface area (Å²) in [6.45, 7) is 3.94. The van der Waals surface area contributed by atoms with E-state index in [0.29, 0.717) is 17.9 Å². The normalized spacial score (nSPS) is 33.8. The zero-order chi connectivity index (χ0) is 16.8. The molecule has 3 aliphatic rings. The fourth-order valence-electron chi connectivity index (χ4n) is 5.30. The summed E-state index contributed by atoms with van der Waals surface area (Å²) in [6.07, 6.45) is 6.02. The SMILES string of the molecule is CC1NNCC1CN(C)C(=O)C1(c2ccccc2)CC12CCCC2. The minimum atomic E-state index is -0.262. The molecule has 1 amide bonds. The average Bonchev–Trinajstić information content (AvgIpc) is 2.87. The van der Waals surface area contributed by atoms with Crippen molar-refractivity contribution in [3.05, 3.63) is 35.9 Å². The first kappa shape index (κ1) is 16.1. The third kappa shape index (κ3) is 2.31. The van der Waals surface area contributed by atoms with Crippen molar-refractivity contribution in [2.24, 2.45) is 11.3 Å². The fraction of sp³-hybridized carbons (Fsp3) is 0.650. The minimum absolute atomic E-state index is 0.234. The molecule has 1 aromatic carbocycles. The molecular formula is C20H29N3O. The second-order valence-electron chi connectivity index (χ2n) is 8.20. The maximum Gasteiger partial charge on any atom is 0.233 e. The van der Waals surface area contributed by atoms with E-state index in [1.54, 1.807) is 0 Å². The molecule has 24 heavy (non-hydrogen) atoms. The van der Waals surface area contributed by atoms with Crippen LogP contribution in [0.5, 0.6) is 0 Å². The van der Waals surface area contributed by atoms with Gasteiger partial charge in [-0.2, -0.15) is 0 Å². The lowest BCUT2D eigenvalue weighted by Crippen LogP contribution is -2.43. The van der Waals surface area contributed by atoms with E-state index >= 15 is 0 Å². The molecule has 1 heterocycles. The molecule has 4 heteroatoms. The summed E-state index contributed by atoms with van der Waals surface area (Å²) in [5.41, 5.74) is 7.68. The van der Waals surface area contributed by atoms with Crippen LogP contribution in [-0.2, 0) is 10.2 Å². The molecule has 2 saturated carbocycles. The van der Waals surface area contributed by atoms with Crippen molar-refractivity contribution in [3.8, 4) is 0 Å². The van der Waals surface area contributed by atoms with Crippen LogP contribution in [0.2, 0.25) is 0 Å². The number of carbonyl (C=O) groups is 1. The third-order valence-corrected chi connectivity index (χ3v) is 6.83. The van der Waals surface area contributed by atoms with Crippen LogP contribution in [-0.4, -0.2) is 37.0 Å². The van der Waals surface area contributed by atoms with Gasteiger partial charge in [-0.3, -0.25) is 15.6 Å². The van der Waals surface area contributed by atoms with Crippen molar-refractivity contribution in [2.75, 3.05) is 20.1 Å². The largest absolute Gasteiger partial charge is 0.345 e. The highest BCUT2D eigenvalue weighted by Gasteiger charge is 2.72. The number of hydrazine groups is 1. The predicted octanol–water partition coefficient (Wildman–Crippen LogP) is 2.46. The van der Waals surface area contributed by atoms with Gasteiger partial charge in [0.1, 0.15) is 0 Å². The van der Waals surface area contributed by atoms with Crippen molar-refractivity contribution in [2.45, 2.75) is 50.5 Å². The Morgan fingerprint density at radius 2 is 1.96 bits per heavy atom. The molecule has 3 fully saturated rings. The number of carbonyl (C=O) groups excluding carboxylic acids is 1. The highest BCUT2D eigenvalue weighted by Crippen LogP contribution is 2.72. The number of likely N-dealkylation sites (N-methyl/N-ethyl adjacent to an activating group) is 1. The van der Waals surface area contributed by atoms with Crippen LogP contribution in [0, 0.1) is 11.3 Å². The van der Waals surface area contributed by atoms with E-state index in [0.717, 1.165) is 19.5 Å². The second kappa shape index (κ2) is 5.85. The standard InChI is InChI=1S/C20H29N3O/c1-15-16(12-21-22-15)13-23(2)18(24)20(17-8-4-3-5-9-17)14-19(20)10-6-7-11-19/h3-5,8-9,15-16,21-22H,6-7,10-14H2,1-2H3. The van der Waals surface area contributed by atoms with Crippen molar-refractivity contribution in [3.63, 3.8) is 0 Å². The van der Waals surface area contributed by atoms with Gasteiger partial charge in [-0.15, -0.1) is 0 Å². The van der Waals surface area contributed by atoms with E-state index < -0.39 is 0 Å². The molecule has 1 spiro atoms. The molecule has 1 aliphatic heterocycles. The minimum Gasteiger partial charge on any atom is -0.345 e. The van der Waals surface area contributed by atoms with E-state index in [1.165, 1.54) is 31.2 Å². The van der Waals surface area contributed by atoms with E-state index in [9.17, 15) is 4.79 Å². The van der Waals surface area contributed by atoms with Gasteiger partial charge in [0.2, 0.25) is 5.91 Å². The van der Waals surface area contributed by atoms with Crippen LogP contribution in [0.4, 0.5) is 0 Å². The van der Waals surface area contributed by atoms with Crippen LogP contribution in [0.3, 0.4) is 0 Å². The lowest BCUT2D eigenvalue weighted by Gasteiger charge is -2.30. The number of hydrogen-bond acceptors (Lipinski definition) is 3. The Bertz CT molecular complexity index is 611. The number of nitrogens with zero attached hydrogens (tertiary/aromatic N) is 1. The van der Waals surface area contributed by atoms with Crippen molar-refractivity contribution >= 4 is 5.91 Å². The second-order valence-corrected chi connectivity index (χ2v) is 8.20. The highest BCUT2D eigenvalue weighted by molar-refractivity contribution is 5.93. The Hall–Kier alpha value is -1.39. The van der Waals surface area contributed by atoms with Gasteiger partial charge < -0.3 is 4.90 Å². The molecule has 4 rings (SSSR count). The van der Waals surface area contributed by atoms with E-state index in [-0.39, 0.29) is 10.8 Å². The summed E-state index contributed by atoms with van der Waals surface area (Å²) in [5.74, 6) is 0.819. The molecular weight excluding hydrogens is 298 g/mol. The van der Waals surface area contributed by atoms with E-state index in [2.05, 4.69) is 42.0 Å². The molecule has 3 unspecified atom stereocenters. The Morgan fingerprint density at radius 1 is 1.25 bits per heavy atom. The van der Waals surface area contributed by atoms with Crippen LogP contribution in [0.25, 0.3) is 0 Å². The molecule has 130 valence electrons. The zero-order valence-corrected chi connectivity index (χ0v) is 14.8. The molecule has 2 aliphatic carbocycles. The molecule has 3 atom stereocenters. The number of hydrogen-bond donors (Lipinski definition) is 2. The zero-order valence-electron chi connectivity index (χ0n) is 14.8. The van der Waals surface area contributed by atoms with Crippen molar-refractivity contribution < 1.29 is 4.79 Å². The summed E-state index contributed by atoms with van der Waals surface area (Å²) in [6, 6.07) is 11.0. The molecule has 2 N–H and O–H groups in total. The number of benzene rings is 1. The Balaban J connectivity index is 1.59. The summed E-state index contributed by atoms with van der Waals surface area (Å²) in [7, 11) is 2.00. The topological polar surface area (TPSA) is 44.4 Å². The van der Waals surface area contributed by atoms with Crippen molar-refractivity contribution in [1.82, 2.24) is 15.8 Å². The lowest BCUT2D eigenvalue weighted by atomic mass is 9.83. The van der Waals surface area contributed by atoms with Gasteiger partial charge >= 0.3 is 0 Å². The van der Waals surface area contributed by atoms with Gasteiger partial charge in [-0.25, -0.2) is 0 Å². The lowest BCUT2D eigenvalue weighted by molar-refractivity contribution is -0.134. The van der Waals surface area contributed by atoms with Gasteiger partial charge in [-0.05, 0) is 37.2 Å². The highest BCUT2D eigenvalue weighted by atomic mass is 16.2. The Morgan fingerprint density at radius 3 is 2.58 bits per heavy atom. The van der Waals surface area contributed by atoms with Crippen LogP contribution >= 0.6 is 0 Å². The van der Waals surface area contributed by atoms with Gasteiger partial charge in [0.15, 0.2) is 0 Å². The molecule has 1 saturated heterocycles. The van der Waals surface area contributed by atoms with Gasteiger partial charge in [0, 0.05) is 32.1 Å². The van der Waals surface area contributed by atoms with Gasteiger partial charge in [0.25, 0.3) is 0 Å². The summed E-state index contributed by atoms with van der Waals surface area (Å²) in [5, 5.41) is 0. The Kier molecular flexibility index (Phi) is 3.92. The number of nitrogens with one attached hydrogen (secondary N) is 2. The first-order valence-corrected chi connectivity index (χ1v) is 9.39. The monoisotopic (exact) mass is 327 g/mol. The van der Waals surface area contributed by atoms with E-state index in [4.69, 9.17) is 0 Å². The Labute approximate surface area is 145 Å². The quantitative estimate of drug-likeness (QED) is 0.893. The smallest absolute Gasteiger partial charge is 0.233 e. The first-order valence-electron chi connectivity index (χ1n) is 9.39. The van der Waals surface area contributed by atoms with Crippen molar-refractivity contribution in [1.29, 1.82) is 0 Å². The summed E-state index contributed by atoms with van der Waals surface area (Å²) >= 11 is 0. The average molecular weight is 327 g/mol. The van der Waals surface area contributed by atoms with Gasteiger partial charge in [-0.1, -0.05) is 43.2 Å². The third-order valence-electron chi connectivity index (χ3n) is 6.83. The van der Waals surface area contributed by atoms with Crippen LogP contribution in [0.15, 0.2) is 30.3 Å². The molecule has 0 bridgehead atoms. The van der Waals surface area contributed by atoms with Gasteiger partial charge in [0.05, 0.1) is 5.41 Å². The van der Waals surface area contributed by atoms with Crippen LogP contribution in [0.1, 0.15) is 44.6 Å². The van der Waals surface area contributed by atoms with Crippen LogP contribution < -0.4 is 10.9 Å². The molecule has 0 radical (unpaired) electrons. The molecule has 1 aromatic rings. The molecule has 4 nitrogen and oxygen atoms in total. The summed E-state index contributed by atoms with van der Waals surface area (Å²) < 4.78 is 0. The number of amides is 1. The fourth-order valence-corrected chi connectivity index (χ4v) is 5.30.